The number of imidazole rings is 1. The molecule has 24 heavy (non-hydrogen) atoms. The molecule has 6 nitrogen and oxygen atoms in total. The fourth-order valence-corrected chi connectivity index (χ4v) is 5.23. The lowest BCUT2D eigenvalue weighted by molar-refractivity contribution is -0.0184. The second-order valence-electron chi connectivity index (χ2n) is 6.77. The van der Waals surface area contributed by atoms with Crippen LogP contribution in [-0.4, -0.2) is 62.5 Å². The van der Waals surface area contributed by atoms with Crippen LogP contribution in [0.2, 0.25) is 0 Å². The van der Waals surface area contributed by atoms with Crippen molar-refractivity contribution in [2.24, 2.45) is 0 Å². The first-order valence-corrected chi connectivity index (χ1v) is 12.7. The minimum Gasteiger partial charge on any atom is -0.397 e. The van der Waals surface area contributed by atoms with Gasteiger partial charge in [0, 0.05) is 28.8 Å². The molecule has 0 spiro atoms. The van der Waals surface area contributed by atoms with Gasteiger partial charge in [0.25, 0.3) is 0 Å². The predicted octanol–water partition coefficient (Wildman–Crippen LogP) is 2.74. The van der Waals surface area contributed by atoms with Crippen molar-refractivity contribution in [3.05, 3.63) is 16.1 Å². The highest BCUT2D eigenvalue weighted by molar-refractivity contribution is 14.1. The Kier molecular flexibility index (Phi) is 5.33. The second-order valence-corrected chi connectivity index (χ2v) is 13.1. The Morgan fingerprint density at radius 3 is 2.92 bits per heavy atom. The number of anilines is 1. The topological polar surface area (TPSA) is 86.2 Å². The van der Waals surface area contributed by atoms with Crippen LogP contribution in [0.15, 0.2) is 12.3 Å². The Morgan fingerprint density at radius 1 is 1.54 bits per heavy atom. The SMILES string of the molecule is C=P(C)(C)CC[C@H]1O[C@@H](n2c(I)nc3c(N)ccnc32)[C@H](Br)[C@@H]1O. The van der Waals surface area contributed by atoms with Crippen molar-refractivity contribution in [2.75, 3.05) is 25.2 Å². The summed E-state index contributed by atoms with van der Waals surface area (Å²) in [5.74, 6) is 0. The van der Waals surface area contributed by atoms with Gasteiger partial charge in [-0.2, -0.15) is 0 Å². The molecule has 0 bridgehead atoms. The summed E-state index contributed by atoms with van der Waals surface area (Å²) < 4.78 is 8.82. The van der Waals surface area contributed by atoms with E-state index in [4.69, 9.17) is 10.5 Å². The van der Waals surface area contributed by atoms with Gasteiger partial charge in [-0.15, -0.1) is 13.2 Å². The molecule has 132 valence electrons. The molecule has 1 aliphatic heterocycles. The Labute approximate surface area is 163 Å². The molecule has 2 aromatic heterocycles. The number of nitrogen functional groups attached to an aromatic ring is 1. The lowest BCUT2D eigenvalue weighted by Gasteiger charge is -2.19. The summed E-state index contributed by atoms with van der Waals surface area (Å²) in [5, 5.41) is 10.6. The summed E-state index contributed by atoms with van der Waals surface area (Å²) in [6, 6.07) is 1.73. The van der Waals surface area contributed by atoms with Gasteiger partial charge in [0.05, 0.1) is 22.7 Å². The molecule has 1 saturated heterocycles. The molecule has 0 aliphatic carbocycles. The highest BCUT2D eigenvalue weighted by atomic mass is 127. The highest BCUT2D eigenvalue weighted by Gasteiger charge is 2.44. The molecule has 3 rings (SSSR count). The van der Waals surface area contributed by atoms with Crippen LogP contribution in [0.3, 0.4) is 0 Å². The van der Waals surface area contributed by atoms with E-state index in [9.17, 15) is 5.11 Å². The normalized spacial score (nSPS) is 27.9. The molecule has 0 saturated carbocycles. The Balaban J connectivity index is 1.92. The average Bonchev–Trinajstić information content (AvgIpc) is 2.96. The number of rotatable bonds is 4. The number of halogens is 2. The van der Waals surface area contributed by atoms with Gasteiger partial charge in [0.2, 0.25) is 0 Å². The van der Waals surface area contributed by atoms with E-state index in [0.29, 0.717) is 16.9 Å². The molecule has 2 aromatic rings. The number of alkyl halides is 1. The second kappa shape index (κ2) is 6.87. The summed E-state index contributed by atoms with van der Waals surface area (Å²) in [5.41, 5.74) is 7.92. The molecule has 3 heterocycles. The highest BCUT2D eigenvalue weighted by Crippen LogP contribution is 2.42. The maximum atomic E-state index is 10.6. The molecule has 4 atom stereocenters. The number of pyridine rings is 1. The van der Waals surface area contributed by atoms with E-state index in [1.54, 1.807) is 12.3 Å². The van der Waals surface area contributed by atoms with Crippen LogP contribution in [0, 0.1) is 3.83 Å². The van der Waals surface area contributed by atoms with Crippen molar-refractivity contribution in [3.63, 3.8) is 0 Å². The summed E-state index contributed by atoms with van der Waals surface area (Å²) in [6.45, 7) is 3.23. The number of nitrogens with zero attached hydrogens (tertiary/aromatic N) is 3. The molecule has 1 aliphatic rings. The van der Waals surface area contributed by atoms with Gasteiger partial charge in [0.1, 0.15) is 5.52 Å². The van der Waals surface area contributed by atoms with Crippen molar-refractivity contribution in [2.45, 2.75) is 29.7 Å². The molecule has 0 amide bonds. The fraction of sp³-hybridized carbons (Fsp3) is 0.533. The van der Waals surface area contributed by atoms with Crippen LogP contribution >= 0.6 is 45.4 Å². The van der Waals surface area contributed by atoms with Crippen LogP contribution in [0.1, 0.15) is 12.6 Å². The first kappa shape index (κ1) is 18.6. The number of aliphatic hydroxyl groups is 1. The average molecular weight is 527 g/mol. The maximum Gasteiger partial charge on any atom is 0.175 e. The van der Waals surface area contributed by atoms with Crippen LogP contribution < -0.4 is 5.73 Å². The Morgan fingerprint density at radius 2 is 2.25 bits per heavy atom. The third-order valence-electron chi connectivity index (χ3n) is 4.13. The van der Waals surface area contributed by atoms with Gasteiger partial charge in [-0.05, 0) is 32.0 Å². The zero-order valence-electron chi connectivity index (χ0n) is 13.6. The van der Waals surface area contributed by atoms with Crippen molar-refractivity contribution < 1.29 is 9.84 Å². The van der Waals surface area contributed by atoms with Gasteiger partial charge in [0.15, 0.2) is 15.7 Å². The largest absolute Gasteiger partial charge is 0.397 e. The van der Waals surface area contributed by atoms with E-state index in [2.05, 4.69) is 68.1 Å². The van der Waals surface area contributed by atoms with Crippen molar-refractivity contribution in [1.29, 1.82) is 0 Å². The number of fused-ring (bicyclic) bond motifs is 1. The van der Waals surface area contributed by atoms with Gasteiger partial charge in [-0.3, -0.25) is 4.57 Å². The molecule has 0 radical (unpaired) electrons. The van der Waals surface area contributed by atoms with Gasteiger partial charge >= 0.3 is 0 Å². The predicted molar refractivity (Wildman–Crippen MR) is 113 cm³/mol. The van der Waals surface area contributed by atoms with Gasteiger partial charge in [-0.25, -0.2) is 9.97 Å². The fourth-order valence-electron chi connectivity index (χ4n) is 2.83. The molecule has 9 heteroatoms. The van der Waals surface area contributed by atoms with E-state index in [0.717, 1.165) is 16.4 Å². The van der Waals surface area contributed by atoms with E-state index >= 15 is 0 Å². The lowest BCUT2D eigenvalue weighted by Crippen LogP contribution is -2.28. The molecule has 0 aromatic carbocycles. The van der Waals surface area contributed by atoms with Crippen molar-refractivity contribution in [3.8, 4) is 0 Å². The van der Waals surface area contributed by atoms with Crippen LogP contribution in [-0.2, 0) is 4.74 Å². The van der Waals surface area contributed by atoms with Crippen molar-refractivity contribution >= 4 is 68.6 Å². The zero-order valence-corrected chi connectivity index (χ0v) is 18.2. The number of nitrogens with two attached hydrogens (primary N) is 1. The summed E-state index contributed by atoms with van der Waals surface area (Å²) >= 11 is 5.75. The lowest BCUT2D eigenvalue weighted by atomic mass is 10.1. The molecule has 0 unspecified atom stereocenters. The van der Waals surface area contributed by atoms with Crippen LogP contribution in [0.5, 0.6) is 0 Å². The zero-order chi connectivity index (χ0) is 17.6. The van der Waals surface area contributed by atoms with E-state index < -0.39 is 13.0 Å². The number of hydrogen-bond donors (Lipinski definition) is 2. The maximum absolute atomic E-state index is 10.6. The minimum absolute atomic E-state index is 0.227. The van der Waals surface area contributed by atoms with Crippen molar-refractivity contribution in [1.82, 2.24) is 14.5 Å². The van der Waals surface area contributed by atoms with E-state index in [1.807, 2.05) is 4.57 Å². The molecular weight excluding hydrogens is 506 g/mol. The standard InChI is InChI=1S/C15H21BrIN4O2P/c1-24(2,3)7-5-9-12(22)10(16)14(23-9)21-13-11(20-15(21)17)8(18)4-6-19-13/h4,6,9-10,12,14,22H,1,5,7H2,2-3H3,(H2,18,19)/t9-,10-,12-,14-/m1/s1. The van der Waals surface area contributed by atoms with E-state index in [1.165, 1.54) is 0 Å². The monoisotopic (exact) mass is 526 g/mol. The van der Waals surface area contributed by atoms with Crippen LogP contribution in [0.4, 0.5) is 5.69 Å². The number of aliphatic hydroxyl groups excluding tert-OH is 1. The third kappa shape index (κ3) is 3.53. The first-order chi connectivity index (χ1) is 11.2. The minimum atomic E-state index is -1.16. The Hall–Kier alpha value is -0.150. The molecule has 3 N–H and O–H groups in total. The van der Waals surface area contributed by atoms with Gasteiger partial charge in [-0.1, -0.05) is 15.9 Å². The first-order valence-electron chi connectivity index (χ1n) is 7.62. The van der Waals surface area contributed by atoms with E-state index in [-0.39, 0.29) is 17.2 Å². The molecular formula is C15H21BrIN4O2P. The number of hydrogen-bond acceptors (Lipinski definition) is 5. The van der Waals surface area contributed by atoms with Crippen LogP contribution in [0.25, 0.3) is 11.2 Å². The smallest absolute Gasteiger partial charge is 0.175 e. The Bertz CT molecular complexity index is 808. The summed E-state index contributed by atoms with van der Waals surface area (Å²) in [4.78, 5) is 8.67. The summed E-state index contributed by atoms with van der Waals surface area (Å²) in [7, 11) is 0. The van der Waals surface area contributed by atoms with Gasteiger partial charge < -0.3 is 15.6 Å². The number of ether oxygens (including phenoxy) is 1. The number of aromatic nitrogens is 3. The quantitative estimate of drug-likeness (QED) is 0.363. The summed E-state index contributed by atoms with van der Waals surface area (Å²) in [6.07, 6.45) is 6.48. The molecule has 1 fully saturated rings. The third-order valence-corrected chi connectivity index (χ3v) is 7.36.